The van der Waals surface area contributed by atoms with Gasteiger partial charge in [-0.1, -0.05) is 108 Å². The van der Waals surface area contributed by atoms with E-state index >= 15 is 0 Å². The molecule has 0 saturated carbocycles. The van der Waals surface area contributed by atoms with Gasteiger partial charge in [0.2, 0.25) is 0 Å². The zero-order valence-electron chi connectivity index (χ0n) is 25.6. The van der Waals surface area contributed by atoms with Crippen molar-refractivity contribution in [2.24, 2.45) is 0 Å². The van der Waals surface area contributed by atoms with Gasteiger partial charge in [-0.15, -0.1) is 0 Å². The summed E-state index contributed by atoms with van der Waals surface area (Å²) in [6.45, 7) is 7.62. The third kappa shape index (κ3) is 13.5. The number of benzene rings is 2. The van der Waals surface area contributed by atoms with E-state index in [-0.39, 0.29) is 18.1 Å². The number of esters is 1. The number of rotatable bonds is 21. The first-order valence-electron chi connectivity index (χ1n) is 15.6. The first-order chi connectivity index (χ1) is 18.9. The molecule has 4 heteroatoms. The molecule has 39 heavy (non-hydrogen) atoms. The maximum atomic E-state index is 13.1. The van der Waals surface area contributed by atoms with Gasteiger partial charge in [0.15, 0.2) is 6.04 Å². The van der Waals surface area contributed by atoms with Gasteiger partial charge in [-0.2, -0.15) is 0 Å². The van der Waals surface area contributed by atoms with E-state index < -0.39 is 0 Å². The lowest BCUT2D eigenvalue weighted by Crippen LogP contribution is -2.52. The Balaban J connectivity index is 1.67. The molecular formula is C35H56NO3+. The molecule has 0 aliphatic carbocycles. The Bertz CT molecular complexity index is 894. The largest absolute Gasteiger partial charge is 0.491 e. The maximum Gasteiger partial charge on any atom is 0.364 e. The first kappa shape index (κ1) is 32.9. The van der Waals surface area contributed by atoms with Gasteiger partial charge in [-0.25, -0.2) is 4.79 Å². The highest BCUT2D eigenvalue weighted by Gasteiger charge is 2.35. The molecule has 0 radical (unpaired) electrons. The van der Waals surface area contributed by atoms with Crippen LogP contribution in [0.5, 0.6) is 5.75 Å². The van der Waals surface area contributed by atoms with Crippen LogP contribution in [0.1, 0.15) is 109 Å². The van der Waals surface area contributed by atoms with Crippen LogP contribution in [-0.2, 0) is 22.5 Å². The Kier molecular flexibility index (Phi) is 15.9. The van der Waals surface area contributed by atoms with Crippen LogP contribution in [0.3, 0.4) is 0 Å². The van der Waals surface area contributed by atoms with E-state index in [0.717, 1.165) is 31.6 Å². The summed E-state index contributed by atoms with van der Waals surface area (Å²) in [4.78, 5) is 13.1. The molecule has 218 valence electrons. The van der Waals surface area contributed by atoms with Crippen LogP contribution in [0, 0.1) is 0 Å². The molecule has 2 aromatic rings. The molecule has 0 aliphatic heterocycles. The number of carbonyl (C=O) groups excluding carboxylic acids is 1. The SMILES string of the molecule is CCCCCCCCCCCc1ccc(OC(C)CCOC(=O)C(CCC)[N+](C)(C)Cc2ccccc2)cc1. The molecule has 0 aromatic heterocycles. The van der Waals surface area contributed by atoms with Crippen molar-refractivity contribution in [3.8, 4) is 5.75 Å². The molecule has 0 amide bonds. The predicted octanol–water partition coefficient (Wildman–Crippen LogP) is 8.91. The molecule has 0 spiro atoms. The van der Waals surface area contributed by atoms with E-state index in [1.165, 1.54) is 68.9 Å². The summed E-state index contributed by atoms with van der Waals surface area (Å²) in [5.41, 5.74) is 2.61. The Hall–Kier alpha value is -2.33. The normalized spacial score (nSPS) is 13.2. The third-order valence-electron chi connectivity index (χ3n) is 7.71. The summed E-state index contributed by atoms with van der Waals surface area (Å²) in [6.07, 6.45) is 15.8. The predicted molar refractivity (Wildman–Crippen MR) is 164 cm³/mol. The molecule has 0 bridgehead atoms. The fraction of sp³-hybridized carbons (Fsp3) is 0.629. The lowest BCUT2D eigenvalue weighted by molar-refractivity contribution is -0.920. The highest BCUT2D eigenvalue weighted by molar-refractivity contribution is 5.74. The molecule has 0 aliphatic rings. The smallest absolute Gasteiger partial charge is 0.364 e. The van der Waals surface area contributed by atoms with Crippen molar-refractivity contribution in [1.29, 1.82) is 0 Å². The number of nitrogens with zero attached hydrogens (tertiary/aromatic N) is 1. The number of likely N-dealkylation sites (N-methyl/N-ethyl adjacent to an activating group) is 1. The number of hydrogen-bond acceptors (Lipinski definition) is 3. The molecule has 2 rings (SSSR count). The Morgan fingerprint density at radius 1 is 0.744 bits per heavy atom. The molecule has 2 unspecified atom stereocenters. The molecule has 0 heterocycles. The summed E-state index contributed by atoms with van der Waals surface area (Å²) in [5.74, 6) is 0.778. The Morgan fingerprint density at radius 3 is 1.97 bits per heavy atom. The molecule has 2 aromatic carbocycles. The lowest BCUT2D eigenvalue weighted by Gasteiger charge is -2.36. The van der Waals surface area contributed by atoms with Crippen molar-refractivity contribution in [3.63, 3.8) is 0 Å². The van der Waals surface area contributed by atoms with Gasteiger partial charge in [-0.3, -0.25) is 0 Å². The molecule has 2 atom stereocenters. The molecule has 0 N–H and O–H groups in total. The second-order valence-corrected chi connectivity index (χ2v) is 11.8. The second-order valence-electron chi connectivity index (χ2n) is 11.8. The van der Waals surface area contributed by atoms with E-state index in [0.29, 0.717) is 17.5 Å². The van der Waals surface area contributed by atoms with Crippen LogP contribution < -0.4 is 4.74 Å². The van der Waals surface area contributed by atoms with Gasteiger partial charge in [-0.05, 0) is 43.9 Å². The van der Waals surface area contributed by atoms with Crippen molar-refractivity contribution >= 4 is 5.97 Å². The van der Waals surface area contributed by atoms with Crippen LogP contribution >= 0.6 is 0 Å². The summed E-state index contributed by atoms with van der Waals surface area (Å²) in [5, 5.41) is 0. The van der Waals surface area contributed by atoms with Gasteiger partial charge in [0, 0.05) is 18.4 Å². The minimum atomic E-state index is -0.176. The van der Waals surface area contributed by atoms with Crippen LogP contribution in [0.15, 0.2) is 54.6 Å². The number of aryl methyl sites for hydroxylation is 1. The summed E-state index contributed by atoms with van der Waals surface area (Å²) in [6, 6.07) is 18.7. The number of carbonyl (C=O) groups is 1. The highest BCUT2D eigenvalue weighted by Crippen LogP contribution is 2.21. The van der Waals surface area contributed by atoms with Gasteiger partial charge in [0.25, 0.3) is 0 Å². The average Bonchev–Trinajstić information content (AvgIpc) is 2.92. The third-order valence-corrected chi connectivity index (χ3v) is 7.71. The Labute approximate surface area is 239 Å². The van der Waals surface area contributed by atoms with Crippen molar-refractivity contribution < 1.29 is 18.8 Å². The van der Waals surface area contributed by atoms with Crippen LogP contribution in [-0.4, -0.2) is 43.3 Å². The fourth-order valence-corrected chi connectivity index (χ4v) is 5.28. The summed E-state index contributed by atoms with van der Waals surface area (Å²) < 4.78 is 12.5. The monoisotopic (exact) mass is 538 g/mol. The molecule has 0 fully saturated rings. The minimum absolute atomic E-state index is 0.0163. The zero-order valence-corrected chi connectivity index (χ0v) is 25.6. The standard InChI is InChI=1S/C35H56NO3/c1-6-8-9-10-11-12-13-14-16-20-31-23-25-33(26-24-31)39-30(3)27-28-38-35(37)34(19-7-2)36(4,5)29-32-21-17-15-18-22-32/h15,17-18,21-26,30,34H,6-14,16,19-20,27-29H2,1-5H3/q+1. The van der Waals surface area contributed by atoms with Crippen molar-refractivity contribution in [2.75, 3.05) is 20.7 Å². The van der Waals surface area contributed by atoms with Crippen LogP contribution in [0.2, 0.25) is 0 Å². The molecular weight excluding hydrogens is 482 g/mol. The van der Waals surface area contributed by atoms with Crippen molar-refractivity contribution in [3.05, 3.63) is 65.7 Å². The Morgan fingerprint density at radius 2 is 1.36 bits per heavy atom. The van der Waals surface area contributed by atoms with E-state index in [1.807, 2.05) is 13.0 Å². The summed E-state index contributed by atoms with van der Waals surface area (Å²) >= 11 is 0. The quantitative estimate of drug-likeness (QED) is 0.0904. The summed E-state index contributed by atoms with van der Waals surface area (Å²) in [7, 11) is 4.25. The highest BCUT2D eigenvalue weighted by atomic mass is 16.5. The topological polar surface area (TPSA) is 35.5 Å². The van der Waals surface area contributed by atoms with Gasteiger partial charge < -0.3 is 14.0 Å². The zero-order chi connectivity index (χ0) is 28.3. The van der Waals surface area contributed by atoms with Crippen LogP contribution in [0.25, 0.3) is 0 Å². The number of hydrogen-bond donors (Lipinski definition) is 0. The van der Waals surface area contributed by atoms with E-state index in [9.17, 15) is 4.79 Å². The van der Waals surface area contributed by atoms with E-state index in [2.05, 4.69) is 76.5 Å². The van der Waals surface area contributed by atoms with E-state index in [1.54, 1.807) is 0 Å². The van der Waals surface area contributed by atoms with Crippen molar-refractivity contribution in [1.82, 2.24) is 0 Å². The van der Waals surface area contributed by atoms with Gasteiger partial charge >= 0.3 is 5.97 Å². The second kappa shape index (κ2) is 18.9. The molecule has 4 nitrogen and oxygen atoms in total. The number of unbranched alkanes of at least 4 members (excludes halogenated alkanes) is 8. The number of quaternary nitrogens is 1. The minimum Gasteiger partial charge on any atom is -0.491 e. The van der Waals surface area contributed by atoms with Gasteiger partial charge in [0.1, 0.15) is 12.3 Å². The average molecular weight is 539 g/mol. The first-order valence-corrected chi connectivity index (χ1v) is 15.6. The maximum absolute atomic E-state index is 13.1. The van der Waals surface area contributed by atoms with Crippen LogP contribution in [0.4, 0.5) is 0 Å². The van der Waals surface area contributed by atoms with Crippen molar-refractivity contribution in [2.45, 2.75) is 123 Å². The lowest BCUT2D eigenvalue weighted by atomic mass is 10.0. The molecule has 0 saturated heterocycles. The fourth-order valence-electron chi connectivity index (χ4n) is 5.28. The number of ether oxygens (including phenoxy) is 2. The van der Waals surface area contributed by atoms with E-state index in [4.69, 9.17) is 9.47 Å². The van der Waals surface area contributed by atoms with Gasteiger partial charge in [0.05, 0.1) is 26.8 Å².